The summed E-state index contributed by atoms with van der Waals surface area (Å²) < 4.78 is 5.38. The summed E-state index contributed by atoms with van der Waals surface area (Å²) in [6.45, 7) is 2.87. The molecule has 0 radical (unpaired) electrons. The highest BCUT2D eigenvalue weighted by molar-refractivity contribution is 5.98. The van der Waals surface area contributed by atoms with Gasteiger partial charge in [0.25, 0.3) is 5.91 Å². The zero-order valence-corrected chi connectivity index (χ0v) is 14.6. The second-order valence-corrected chi connectivity index (χ2v) is 5.91. The third kappa shape index (κ3) is 4.82. The first-order chi connectivity index (χ1) is 13.0. The van der Waals surface area contributed by atoms with Gasteiger partial charge in [0.2, 0.25) is 11.9 Å². The van der Waals surface area contributed by atoms with Crippen LogP contribution in [0.3, 0.4) is 0 Å². The Labute approximate surface area is 155 Å². The van der Waals surface area contributed by atoms with Crippen molar-refractivity contribution in [2.45, 2.75) is 0 Å². The van der Waals surface area contributed by atoms with Gasteiger partial charge in [0, 0.05) is 30.7 Å². The lowest BCUT2D eigenvalue weighted by Gasteiger charge is -2.29. The van der Waals surface area contributed by atoms with Crippen molar-refractivity contribution in [2.75, 3.05) is 48.4 Å². The van der Waals surface area contributed by atoms with Crippen molar-refractivity contribution < 1.29 is 14.3 Å². The summed E-state index contributed by atoms with van der Waals surface area (Å²) in [5, 5.41) is 5.78. The van der Waals surface area contributed by atoms with Crippen LogP contribution in [-0.2, 0) is 9.53 Å². The summed E-state index contributed by atoms with van der Waals surface area (Å²) >= 11 is 0. The van der Waals surface area contributed by atoms with Crippen LogP contribution in [0.5, 0.6) is 0 Å². The quantitative estimate of drug-likeness (QED) is 0.533. The zero-order chi connectivity index (χ0) is 19.2. The van der Waals surface area contributed by atoms with E-state index in [0.29, 0.717) is 13.2 Å². The molecule has 0 atom stereocenters. The molecule has 2 heterocycles. The van der Waals surface area contributed by atoms with E-state index in [1.54, 1.807) is 0 Å². The predicted octanol–water partition coefficient (Wildman–Crippen LogP) is 0.0529. The number of benzene rings is 1. The topological polar surface area (TPSA) is 148 Å². The van der Waals surface area contributed by atoms with E-state index in [-0.39, 0.29) is 23.9 Å². The lowest BCUT2D eigenvalue weighted by molar-refractivity contribution is -0.116. The molecule has 0 spiro atoms. The van der Waals surface area contributed by atoms with Gasteiger partial charge >= 0.3 is 0 Å². The van der Waals surface area contributed by atoms with E-state index in [4.69, 9.17) is 16.2 Å². The van der Waals surface area contributed by atoms with Gasteiger partial charge in [-0.15, -0.1) is 0 Å². The smallest absolute Gasteiger partial charge is 0.254 e. The number of morpholine rings is 1. The highest BCUT2D eigenvalue weighted by Crippen LogP contribution is 2.24. The lowest BCUT2D eigenvalue weighted by Crippen LogP contribution is -2.36. The molecule has 1 aromatic carbocycles. The number of rotatable bonds is 7. The van der Waals surface area contributed by atoms with Gasteiger partial charge in [-0.3, -0.25) is 9.59 Å². The third-order valence-electron chi connectivity index (χ3n) is 3.96. The number of amides is 2. The maximum atomic E-state index is 11.7. The fourth-order valence-corrected chi connectivity index (χ4v) is 2.65. The van der Waals surface area contributed by atoms with E-state index in [0.717, 1.165) is 24.5 Å². The number of carbonyl (C=O) groups excluding carboxylic acids is 2. The van der Waals surface area contributed by atoms with Gasteiger partial charge < -0.3 is 31.7 Å². The van der Waals surface area contributed by atoms with Crippen molar-refractivity contribution in [1.82, 2.24) is 9.97 Å². The molecule has 6 N–H and O–H groups in total. The van der Waals surface area contributed by atoms with Crippen LogP contribution in [0.25, 0.3) is 0 Å². The Morgan fingerprint density at radius 2 is 2.00 bits per heavy atom. The van der Waals surface area contributed by atoms with Gasteiger partial charge in [0.1, 0.15) is 11.4 Å². The number of hydrogen-bond donors (Lipinski definition) is 4. The van der Waals surface area contributed by atoms with Crippen molar-refractivity contribution in [3.8, 4) is 0 Å². The minimum Gasteiger partial charge on any atom is -0.378 e. The summed E-state index contributed by atoms with van der Waals surface area (Å²) in [5.74, 6) is -0.817. The van der Waals surface area contributed by atoms with Gasteiger partial charge in [-0.25, -0.2) is 4.98 Å². The number of hydrogen-bond acceptors (Lipinski definition) is 8. The number of anilines is 4. The molecule has 0 aliphatic carbocycles. The van der Waals surface area contributed by atoms with E-state index in [1.807, 2.05) is 24.3 Å². The van der Waals surface area contributed by atoms with Crippen LogP contribution in [-0.4, -0.2) is 54.6 Å². The first-order valence-electron chi connectivity index (χ1n) is 8.42. The first kappa shape index (κ1) is 18.4. The van der Waals surface area contributed by atoms with Crippen LogP contribution in [0.4, 0.5) is 23.1 Å². The van der Waals surface area contributed by atoms with E-state index in [9.17, 15) is 9.59 Å². The molecule has 0 bridgehead atoms. The molecule has 0 saturated carbocycles. The molecule has 1 saturated heterocycles. The van der Waals surface area contributed by atoms with Crippen molar-refractivity contribution in [2.24, 2.45) is 11.5 Å². The Morgan fingerprint density at radius 3 is 2.70 bits per heavy atom. The highest BCUT2D eigenvalue weighted by Gasteiger charge is 2.15. The third-order valence-corrected chi connectivity index (χ3v) is 3.96. The molecule has 10 nitrogen and oxygen atoms in total. The summed E-state index contributed by atoms with van der Waals surface area (Å²) in [4.78, 5) is 33.0. The average Bonchev–Trinajstić information content (AvgIpc) is 2.67. The number of aromatic nitrogens is 2. The Morgan fingerprint density at radius 1 is 1.22 bits per heavy atom. The molecular weight excluding hydrogens is 350 g/mol. The Kier molecular flexibility index (Phi) is 5.67. The van der Waals surface area contributed by atoms with Gasteiger partial charge in [-0.1, -0.05) is 6.07 Å². The summed E-state index contributed by atoms with van der Waals surface area (Å²) in [6.07, 6.45) is 1.30. The van der Waals surface area contributed by atoms with Crippen molar-refractivity contribution in [3.05, 3.63) is 36.0 Å². The molecule has 3 rings (SSSR count). The van der Waals surface area contributed by atoms with Crippen LogP contribution >= 0.6 is 0 Å². The molecule has 1 aliphatic heterocycles. The van der Waals surface area contributed by atoms with E-state index in [1.165, 1.54) is 6.20 Å². The fraction of sp³-hybridized carbons (Fsp3) is 0.294. The lowest BCUT2D eigenvalue weighted by atomic mass is 10.2. The number of carbonyl (C=O) groups is 2. The minimum absolute atomic E-state index is 0.123. The monoisotopic (exact) mass is 371 g/mol. The normalized spacial score (nSPS) is 13.9. The number of ether oxygens (including phenoxy) is 1. The molecule has 0 unspecified atom stereocenters. The van der Waals surface area contributed by atoms with E-state index in [2.05, 4.69) is 25.5 Å². The van der Waals surface area contributed by atoms with E-state index >= 15 is 0 Å². The van der Waals surface area contributed by atoms with Crippen molar-refractivity contribution >= 4 is 35.0 Å². The van der Waals surface area contributed by atoms with Crippen LogP contribution in [0.15, 0.2) is 30.5 Å². The number of nitrogens with one attached hydrogen (secondary N) is 2. The van der Waals surface area contributed by atoms with E-state index < -0.39 is 11.8 Å². The zero-order valence-electron chi connectivity index (χ0n) is 14.6. The fourth-order valence-electron chi connectivity index (χ4n) is 2.65. The van der Waals surface area contributed by atoms with Crippen LogP contribution in [0.1, 0.15) is 10.4 Å². The second-order valence-electron chi connectivity index (χ2n) is 5.91. The second kappa shape index (κ2) is 8.32. The van der Waals surface area contributed by atoms with Crippen LogP contribution in [0.2, 0.25) is 0 Å². The van der Waals surface area contributed by atoms with Crippen molar-refractivity contribution in [1.29, 1.82) is 0 Å². The summed E-state index contributed by atoms with van der Waals surface area (Å²) in [5.41, 5.74) is 12.4. The standard InChI is InChI=1S/C17H21N7O3/c18-14(25)10-21-17-20-9-13(15(19)26)16(23-17)22-11-2-1-3-12(8-11)24-4-6-27-7-5-24/h1-3,8-9H,4-7,10H2,(H2,18,25)(H2,19,26)(H2,20,21,22,23). The summed E-state index contributed by atoms with van der Waals surface area (Å²) in [6, 6.07) is 7.72. The molecule has 1 fully saturated rings. The Hall–Kier alpha value is -3.40. The first-order valence-corrected chi connectivity index (χ1v) is 8.42. The minimum atomic E-state index is -0.664. The number of nitrogens with two attached hydrogens (primary N) is 2. The Balaban J connectivity index is 1.83. The molecule has 1 aromatic heterocycles. The predicted molar refractivity (Wildman–Crippen MR) is 101 cm³/mol. The maximum Gasteiger partial charge on any atom is 0.254 e. The molecule has 1 aliphatic rings. The average molecular weight is 371 g/mol. The van der Waals surface area contributed by atoms with Gasteiger partial charge in [0.15, 0.2) is 0 Å². The molecule has 142 valence electrons. The largest absolute Gasteiger partial charge is 0.378 e. The molecule has 27 heavy (non-hydrogen) atoms. The molecule has 10 heteroatoms. The maximum absolute atomic E-state index is 11.7. The molecule has 2 aromatic rings. The summed E-state index contributed by atoms with van der Waals surface area (Å²) in [7, 11) is 0. The SMILES string of the molecule is NC(=O)CNc1ncc(C(N)=O)c(Nc2cccc(N3CCOCC3)c2)n1. The van der Waals surface area contributed by atoms with Gasteiger partial charge in [0.05, 0.1) is 19.8 Å². The molecule has 2 amide bonds. The highest BCUT2D eigenvalue weighted by atomic mass is 16.5. The van der Waals surface area contributed by atoms with Crippen LogP contribution in [0, 0.1) is 0 Å². The van der Waals surface area contributed by atoms with Gasteiger partial charge in [-0.05, 0) is 18.2 Å². The Bertz CT molecular complexity index is 837. The molecular formula is C17H21N7O3. The number of nitrogens with zero attached hydrogens (tertiary/aromatic N) is 3. The number of primary amides is 2. The van der Waals surface area contributed by atoms with Crippen LogP contribution < -0.4 is 27.0 Å². The van der Waals surface area contributed by atoms with Crippen molar-refractivity contribution in [3.63, 3.8) is 0 Å². The van der Waals surface area contributed by atoms with Gasteiger partial charge in [-0.2, -0.15) is 4.98 Å².